The van der Waals surface area contributed by atoms with E-state index in [0.717, 1.165) is 39.4 Å². The van der Waals surface area contributed by atoms with Gasteiger partial charge in [0, 0.05) is 33.9 Å². The Balaban J connectivity index is 0. The lowest BCUT2D eigenvalue weighted by Crippen LogP contribution is -2.31. The predicted molar refractivity (Wildman–Crippen MR) is 99.2 cm³/mol. The van der Waals surface area contributed by atoms with Gasteiger partial charge in [0.25, 0.3) is 0 Å². The molecule has 0 atom stereocenters. The highest BCUT2D eigenvalue weighted by atomic mass is 16.5. The van der Waals surface area contributed by atoms with Gasteiger partial charge < -0.3 is 19.5 Å². The molecule has 0 radical (unpaired) electrons. The first kappa shape index (κ1) is 25.0. The third kappa shape index (κ3) is 18.0. The van der Waals surface area contributed by atoms with E-state index in [2.05, 4.69) is 16.7 Å². The summed E-state index contributed by atoms with van der Waals surface area (Å²) in [6.07, 6.45) is 5.16. The van der Waals surface area contributed by atoms with Gasteiger partial charge in [-0.1, -0.05) is 27.2 Å². The van der Waals surface area contributed by atoms with Crippen molar-refractivity contribution in [3.8, 4) is 0 Å². The fraction of sp³-hybridized carbons (Fsp3) is 1.00. The number of aliphatic hydroxyl groups excluding tert-OH is 1. The fourth-order valence-electron chi connectivity index (χ4n) is 2.31. The zero-order valence-corrected chi connectivity index (χ0v) is 16.4. The van der Waals surface area contributed by atoms with Crippen molar-refractivity contribution in [2.45, 2.75) is 46.5 Å². The molecular formula is C18H42N2O3. The Morgan fingerprint density at radius 2 is 1.57 bits per heavy atom. The van der Waals surface area contributed by atoms with Crippen LogP contribution in [0.2, 0.25) is 0 Å². The number of likely N-dealkylation sites (tertiary alicyclic amines) is 1. The maximum absolute atomic E-state index is 8.75. The normalized spacial score (nSPS) is 14.2. The predicted octanol–water partition coefficient (Wildman–Crippen LogP) is 2.48. The Morgan fingerprint density at radius 3 is 2.04 bits per heavy atom. The van der Waals surface area contributed by atoms with E-state index in [1.54, 1.807) is 14.2 Å². The van der Waals surface area contributed by atoms with Crippen molar-refractivity contribution in [2.75, 3.05) is 73.3 Å². The lowest BCUT2D eigenvalue weighted by molar-refractivity contribution is 0.130. The van der Waals surface area contributed by atoms with Crippen molar-refractivity contribution in [3.05, 3.63) is 0 Å². The van der Waals surface area contributed by atoms with Crippen molar-refractivity contribution < 1.29 is 14.6 Å². The largest absolute Gasteiger partial charge is 0.395 e. The summed E-state index contributed by atoms with van der Waals surface area (Å²) < 4.78 is 9.94. The Labute approximate surface area is 144 Å². The quantitative estimate of drug-likeness (QED) is 0.629. The maximum Gasteiger partial charge on any atom is 0.0589 e. The molecule has 0 amide bonds. The van der Waals surface area contributed by atoms with E-state index in [1.807, 2.05) is 13.8 Å². The number of nitrogens with zero attached hydrogens (tertiary/aromatic N) is 2. The van der Waals surface area contributed by atoms with E-state index in [9.17, 15) is 0 Å². The minimum atomic E-state index is 0.243. The minimum absolute atomic E-state index is 0.243. The second-order valence-corrected chi connectivity index (χ2v) is 5.45. The molecule has 142 valence electrons. The van der Waals surface area contributed by atoms with E-state index in [4.69, 9.17) is 14.6 Å². The molecule has 1 rings (SSSR count). The molecule has 0 aromatic carbocycles. The van der Waals surface area contributed by atoms with Crippen molar-refractivity contribution in [2.24, 2.45) is 0 Å². The first-order chi connectivity index (χ1) is 11.3. The summed E-state index contributed by atoms with van der Waals surface area (Å²) in [4.78, 5) is 4.68. The van der Waals surface area contributed by atoms with Crippen LogP contribution in [0, 0.1) is 0 Å². The van der Waals surface area contributed by atoms with Crippen LogP contribution in [-0.2, 0) is 9.47 Å². The van der Waals surface area contributed by atoms with E-state index in [1.165, 1.54) is 38.8 Å². The van der Waals surface area contributed by atoms with Crippen LogP contribution in [0.3, 0.4) is 0 Å². The van der Waals surface area contributed by atoms with Crippen LogP contribution in [0.1, 0.15) is 46.5 Å². The van der Waals surface area contributed by atoms with Gasteiger partial charge >= 0.3 is 0 Å². The summed E-state index contributed by atoms with van der Waals surface area (Å²) >= 11 is 0. The lowest BCUT2D eigenvalue weighted by atomic mass is 10.3. The Kier molecular flexibility index (Phi) is 23.7. The van der Waals surface area contributed by atoms with E-state index in [0.29, 0.717) is 0 Å². The Bertz CT molecular complexity index is 193. The molecular weight excluding hydrogens is 292 g/mol. The van der Waals surface area contributed by atoms with Crippen LogP contribution in [0.15, 0.2) is 0 Å². The third-order valence-electron chi connectivity index (χ3n) is 3.67. The molecule has 0 spiro atoms. The first-order valence-corrected chi connectivity index (χ1v) is 9.31. The zero-order valence-electron chi connectivity index (χ0n) is 16.4. The highest BCUT2D eigenvalue weighted by molar-refractivity contribution is 4.64. The van der Waals surface area contributed by atoms with Crippen molar-refractivity contribution >= 4 is 0 Å². The topological polar surface area (TPSA) is 45.2 Å². The average molecular weight is 335 g/mol. The molecule has 1 aliphatic heterocycles. The van der Waals surface area contributed by atoms with Crippen molar-refractivity contribution in [1.29, 1.82) is 0 Å². The van der Waals surface area contributed by atoms with Gasteiger partial charge in [-0.15, -0.1) is 0 Å². The molecule has 0 aromatic heterocycles. The van der Waals surface area contributed by atoms with Gasteiger partial charge in [0.2, 0.25) is 0 Å². The molecule has 0 unspecified atom stereocenters. The molecule has 1 aliphatic rings. The molecule has 0 saturated carbocycles. The van der Waals surface area contributed by atoms with Gasteiger partial charge in [0.1, 0.15) is 0 Å². The molecule has 0 bridgehead atoms. The number of hydrogen-bond donors (Lipinski definition) is 1. The summed E-state index contributed by atoms with van der Waals surface area (Å²) in [7, 11) is 3.47. The molecule has 23 heavy (non-hydrogen) atoms. The standard InChI is InChI=1S/C9H21NO2.C7H15NO.C2H6/c1-3-4-5-10(6-8-11)7-9-12-2;1-9-7-6-8-4-2-3-5-8;1-2/h11H,3-9H2,1-2H3;2-7H2,1H3;1-2H3. The van der Waals surface area contributed by atoms with Gasteiger partial charge in [-0.3, -0.25) is 4.90 Å². The smallest absolute Gasteiger partial charge is 0.0589 e. The molecule has 5 nitrogen and oxygen atoms in total. The Morgan fingerprint density at radius 1 is 0.957 bits per heavy atom. The van der Waals surface area contributed by atoms with Crippen LogP contribution in [0.5, 0.6) is 0 Å². The van der Waals surface area contributed by atoms with Crippen LogP contribution < -0.4 is 0 Å². The summed E-state index contributed by atoms with van der Waals surface area (Å²) in [5.41, 5.74) is 0. The molecule has 1 fully saturated rings. The molecule has 1 N–H and O–H groups in total. The fourth-order valence-corrected chi connectivity index (χ4v) is 2.31. The molecule has 0 aromatic rings. The second kappa shape index (κ2) is 21.8. The van der Waals surface area contributed by atoms with E-state index < -0.39 is 0 Å². The minimum Gasteiger partial charge on any atom is -0.395 e. The highest BCUT2D eigenvalue weighted by Gasteiger charge is 2.09. The van der Waals surface area contributed by atoms with Crippen LogP contribution in [0.4, 0.5) is 0 Å². The summed E-state index contributed by atoms with van der Waals surface area (Å²) in [5, 5.41) is 8.75. The number of rotatable bonds is 11. The highest BCUT2D eigenvalue weighted by Crippen LogP contribution is 2.05. The van der Waals surface area contributed by atoms with Gasteiger partial charge in [0.15, 0.2) is 0 Å². The van der Waals surface area contributed by atoms with Crippen molar-refractivity contribution in [1.82, 2.24) is 9.80 Å². The second-order valence-electron chi connectivity index (χ2n) is 5.45. The number of hydrogen-bond acceptors (Lipinski definition) is 5. The maximum atomic E-state index is 8.75. The third-order valence-corrected chi connectivity index (χ3v) is 3.67. The number of unbranched alkanes of at least 4 members (excludes halogenated alkanes) is 1. The number of ether oxygens (including phenoxy) is 2. The van der Waals surface area contributed by atoms with E-state index >= 15 is 0 Å². The Hall–Kier alpha value is -0.200. The number of aliphatic hydroxyl groups is 1. The summed E-state index contributed by atoms with van der Waals surface area (Å²) in [6.45, 7) is 14.5. The average Bonchev–Trinajstić information content (AvgIpc) is 3.11. The molecule has 1 saturated heterocycles. The SMILES string of the molecule is CC.CCCCN(CCO)CCOC.COCCN1CCCC1. The summed E-state index contributed by atoms with van der Waals surface area (Å²) in [5.74, 6) is 0. The van der Waals surface area contributed by atoms with Gasteiger partial charge in [-0.05, 0) is 38.9 Å². The lowest BCUT2D eigenvalue weighted by Gasteiger charge is -2.20. The van der Waals surface area contributed by atoms with Crippen LogP contribution in [0.25, 0.3) is 0 Å². The number of methoxy groups -OCH3 is 2. The first-order valence-electron chi connectivity index (χ1n) is 9.31. The zero-order chi connectivity index (χ0) is 17.8. The molecule has 1 heterocycles. The van der Waals surface area contributed by atoms with Gasteiger partial charge in [-0.2, -0.15) is 0 Å². The monoisotopic (exact) mass is 334 g/mol. The van der Waals surface area contributed by atoms with Crippen molar-refractivity contribution in [3.63, 3.8) is 0 Å². The van der Waals surface area contributed by atoms with Gasteiger partial charge in [0.05, 0.1) is 19.8 Å². The molecule has 5 heteroatoms. The van der Waals surface area contributed by atoms with Crippen LogP contribution in [-0.4, -0.2) is 88.2 Å². The molecule has 0 aliphatic carbocycles. The summed E-state index contributed by atoms with van der Waals surface area (Å²) in [6, 6.07) is 0. The van der Waals surface area contributed by atoms with Gasteiger partial charge in [-0.25, -0.2) is 0 Å². The van der Waals surface area contributed by atoms with Crippen LogP contribution >= 0.6 is 0 Å². The van der Waals surface area contributed by atoms with E-state index in [-0.39, 0.29) is 6.61 Å².